The minimum Gasteiger partial charge on any atom is -0.339 e. The number of rotatable bonds is 3. The molecule has 2 heterocycles. The number of piperidine rings is 1. The summed E-state index contributed by atoms with van der Waals surface area (Å²) in [5.74, 6) is 0.948. The molecule has 20 heavy (non-hydrogen) atoms. The molecule has 1 aromatic heterocycles. The molecule has 2 aromatic rings. The first-order valence-electron chi connectivity index (χ1n) is 7.05. The molecule has 0 amide bonds. The highest BCUT2D eigenvalue weighted by molar-refractivity contribution is 5.55. The Labute approximate surface area is 117 Å². The number of aryl methyl sites for hydroxylation is 1. The summed E-state index contributed by atoms with van der Waals surface area (Å²) < 4.78 is 18.6. The van der Waals surface area contributed by atoms with Crippen LogP contribution in [0, 0.1) is 12.7 Å². The molecule has 4 nitrogen and oxygen atoms in total. The quantitative estimate of drug-likeness (QED) is 0.935. The third-order valence-electron chi connectivity index (χ3n) is 3.72. The van der Waals surface area contributed by atoms with Crippen molar-refractivity contribution in [3.05, 3.63) is 35.5 Å². The lowest BCUT2D eigenvalue weighted by molar-refractivity contribution is 0.331. The highest BCUT2D eigenvalue weighted by Gasteiger charge is 2.17. The zero-order valence-corrected chi connectivity index (χ0v) is 11.5. The number of nitrogens with one attached hydrogen (secondary N) is 1. The molecule has 1 aliphatic heterocycles. The molecule has 106 valence electrons. The summed E-state index contributed by atoms with van der Waals surface area (Å²) in [4.78, 5) is 4.41. The molecule has 0 saturated carbocycles. The Morgan fingerprint density at radius 2 is 2.30 bits per heavy atom. The molecule has 1 fully saturated rings. The minimum absolute atomic E-state index is 0.219. The van der Waals surface area contributed by atoms with Crippen LogP contribution in [0.25, 0.3) is 11.4 Å². The highest BCUT2D eigenvalue weighted by Crippen LogP contribution is 2.20. The Bertz CT molecular complexity index is 591. The molecule has 1 N–H and O–H groups in total. The van der Waals surface area contributed by atoms with Gasteiger partial charge in [0, 0.05) is 18.0 Å². The van der Waals surface area contributed by atoms with Crippen molar-refractivity contribution in [1.29, 1.82) is 0 Å². The largest absolute Gasteiger partial charge is 0.339 e. The van der Waals surface area contributed by atoms with Crippen molar-refractivity contribution in [2.75, 3.05) is 6.54 Å². The van der Waals surface area contributed by atoms with Crippen LogP contribution in [0.15, 0.2) is 22.7 Å². The Hall–Kier alpha value is -1.75. The predicted octanol–water partition coefficient (Wildman–Crippen LogP) is 2.87. The molecule has 0 bridgehead atoms. The fraction of sp³-hybridized carbons (Fsp3) is 0.467. The Morgan fingerprint density at radius 1 is 1.40 bits per heavy atom. The van der Waals surface area contributed by atoms with Crippen LogP contribution in [0.4, 0.5) is 4.39 Å². The number of aromatic nitrogens is 2. The van der Waals surface area contributed by atoms with Crippen molar-refractivity contribution in [3.8, 4) is 11.4 Å². The van der Waals surface area contributed by atoms with E-state index in [1.165, 1.54) is 18.9 Å². The average Bonchev–Trinajstić information content (AvgIpc) is 2.91. The maximum absolute atomic E-state index is 13.3. The molecule has 0 spiro atoms. The van der Waals surface area contributed by atoms with Gasteiger partial charge < -0.3 is 9.84 Å². The van der Waals surface area contributed by atoms with Gasteiger partial charge in [-0.1, -0.05) is 11.6 Å². The van der Waals surface area contributed by atoms with Gasteiger partial charge in [0.15, 0.2) is 0 Å². The molecule has 1 unspecified atom stereocenters. The number of hydrogen-bond donors (Lipinski definition) is 1. The molecular formula is C15H18FN3O. The van der Waals surface area contributed by atoms with Gasteiger partial charge in [0.1, 0.15) is 5.82 Å². The Kier molecular flexibility index (Phi) is 3.78. The fourth-order valence-corrected chi connectivity index (χ4v) is 2.55. The van der Waals surface area contributed by atoms with Crippen molar-refractivity contribution < 1.29 is 8.91 Å². The summed E-state index contributed by atoms with van der Waals surface area (Å²) in [6, 6.07) is 5.27. The lowest BCUT2D eigenvalue weighted by Crippen LogP contribution is -2.35. The standard InChI is InChI=1S/C15H18FN3O/c1-10-8-11(5-6-13(10)16)15-18-14(20-19-15)9-12-4-2-3-7-17-12/h5-6,8,12,17H,2-4,7,9H2,1H3. The van der Waals surface area contributed by atoms with E-state index in [2.05, 4.69) is 15.5 Å². The normalized spacial score (nSPS) is 19.2. The van der Waals surface area contributed by atoms with Gasteiger partial charge in [0.2, 0.25) is 11.7 Å². The first kappa shape index (κ1) is 13.2. The van der Waals surface area contributed by atoms with Crippen LogP contribution >= 0.6 is 0 Å². The van der Waals surface area contributed by atoms with Crippen LogP contribution in [0.1, 0.15) is 30.7 Å². The zero-order valence-electron chi connectivity index (χ0n) is 11.5. The van der Waals surface area contributed by atoms with Crippen molar-refractivity contribution in [1.82, 2.24) is 15.5 Å². The highest BCUT2D eigenvalue weighted by atomic mass is 19.1. The lowest BCUT2D eigenvalue weighted by atomic mass is 10.0. The van der Waals surface area contributed by atoms with Crippen LogP contribution in [0.2, 0.25) is 0 Å². The van der Waals surface area contributed by atoms with Crippen molar-refractivity contribution in [2.45, 2.75) is 38.6 Å². The first-order chi connectivity index (χ1) is 9.72. The number of benzene rings is 1. The number of halogens is 1. The van der Waals surface area contributed by atoms with E-state index in [0.29, 0.717) is 23.3 Å². The van der Waals surface area contributed by atoms with E-state index in [1.54, 1.807) is 19.1 Å². The van der Waals surface area contributed by atoms with Crippen molar-refractivity contribution >= 4 is 0 Å². The van der Waals surface area contributed by atoms with E-state index in [4.69, 9.17) is 4.52 Å². The van der Waals surface area contributed by atoms with E-state index in [9.17, 15) is 4.39 Å². The van der Waals surface area contributed by atoms with E-state index >= 15 is 0 Å². The maximum atomic E-state index is 13.3. The zero-order chi connectivity index (χ0) is 13.9. The molecule has 0 radical (unpaired) electrons. The predicted molar refractivity (Wildman–Crippen MR) is 73.8 cm³/mol. The molecule has 3 rings (SSSR count). The second kappa shape index (κ2) is 5.71. The molecule has 1 aliphatic rings. The molecular weight excluding hydrogens is 257 g/mol. The van der Waals surface area contributed by atoms with Gasteiger partial charge >= 0.3 is 0 Å². The summed E-state index contributed by atoms with van der Waals surface area (Å²) in [6.07, 6.45) is 4.39. The third-order valence-corrected chi connectivity index (χ3v) is 3.72. The van der Waals surface area contributed by atoms with E-state index in [-0.39, 0.29) is 5.82 Å². The molecule has 1 aromatic carbocycles. The maximum Gasteiger partial charge on any atom is 0.228 e. The third kappa shape index (κ3) is 2.88. The first-order valence-corrected chi connectivity index (χ1v) is 7.05. The molecule has 1 atom stereocenters. The van der Waals surface area contributed by atoms with Gasteiger partial charge in [0.05, 0.1) is 0 Å². The smallest absolute Gasteiger partial charge is 0.228 e. The topological polar surface area (TPSA) is 51.0 Å². The van der Waals surface area contributed by atoms with Crippen LogP contribution in [0.3, 0.4) is 0 Å². The molecule has 5 heteroatoms. The minimum atomic E-state index is -0.219. The second-order valence-corrected chi connectivity index (χ2v) is 5.33. The fourth-order valence-electron chi connectivity index (χ4n) is 2.55. The van der Waals surface area contributed by atoms with Crippen molar-refractivity contribution in [2.24, 2.45) is 0 Å². The van der Waals surface area contributed by atoms with Gasteiger partial charge in [-0.2, -0.15) is 4.98 Å². The van der Waals surface area contributed by atoms with Gasteiger partial charge in [-0.3, -0.25) is 0 Å². The van der Waals surface area contributed by atoms with E-state index in [0.717, 1.165) is 24.9 Å². The average molecular weight is 275 g/mol. The van der Waals surface area contributed by atoms with Crippen LogP contribution in [-0.2, 0) is 6.42 Å². The van der Waals surface area contributed by atoms with Crippen LogP contribution in [0.5, 0.6) is 0 Å². The summed E-state index contributed by atoms with van der Waals surface area (Å²) in [6.45, 7) is 2.79. The summed E-state index contributed by atoms with van der Waals surface area (Å²) in [5.41, 5.74) is 1.37. The van der Waals surface area contributed by atoms with Crippen LogP contribution in [-0.4, -0.2) is 22.7 Å². The number of hydrogen-bond acceptors (Lipinski definition) is 4. The van der Waals surface area contributed by atoms with E-state index in [1.807, 2.05) is 0 Å². The molecule has 0 aliphatic carbocycles. The summed E-state index contributed by atoms with van der Waals surface area (Å²) in [7, 11) is 0. The summed E-state index contributed by atoms with van der Waals surface area (Å²) in [5, 5.41) is 7.44. The van der Waals surface area contributed by atoms with Crippen LogP contribution < -0.4 is 5.32 Å². The summed E-state index contributed by atoms with van der Waals surface area (Å²) >= 11 is 0. The second-order valence-electron chi connectivity index (χ2n) is 5.33. The lowest BCUT2D eigenvalue weighted by Gasteiger charge is -2.21. The van der Waals surface area contributed by atoms with Crippen molar-refractivity contribution in [3.63, 3.8) is 0 Å². The van der Waals surface area contributed by atoms with E-state index < -0.39 is 0 Å². The number of nitrogens with zero attached hydrogens (tertiary/aromatic N) is 2. The van der Waals surface area contributed by atoms with Gasteiger partial charge in [-0.15, -0.1) is 0 Å². The monoisotopic (exact) mass is 275 g/mol. The SMILES string of the molecule is Cc1cc(-c2noc(CC3CCCCN3)n2)ccc1F. The van der Waals surface area contributed by atoms with Gasteiger partial charge in [-0.25, -0.2) is 4.39 Å². The Morgan fingerprint density at radius 3 is 3.05 bits per heavy atom. The molecule has 1 saturated heterocycles. The van der Waals surface area contributed by atoms with Gasteiger partial charge in [0.25, 0.3) is 0 Å². The van der Waals surface area contributed by atoms with Gasteiger partial charge in [-0.05, 0) is 50.1 Å². The Balaban J connectivity index is 1.73.